The number of fused-ring (bicyclic) bond motifs is 2. The quantitative estimate of drug-likeness (QED) is 0.299. The average Bonchev–Trinajstić information content (AvgIpc) is 2.94. The predicted molar refractivity (Wildman–Crippen MR) is 154 cm³/mol. The number of anilines is 2. The lowest BCUT2D eigenvalue weighted by Gasteiger charge is -2.47. The minimum atomic E-state index is -0.0752. The highest BCUT2D eigenvalue weighted by molar-refractivity contribution is 7.98. The van der Waals surface area contributed by atoms with Crippen LogP contribution in [0.4, 0.5) is 11.8 Å². The molecule has 0 spiro atoms. The van der Waals surface area contributed by atoms with Gasteiger partial charge in [-0.05, 0) is 99.5 Å². The van der Waals surface area contributed by atoms with E-state index >= 15 is 0 Å². The fourth-order valence-electron chi connectivity index (χ4n) is 6.97. The number of nitriles is 1. The van der Waals surface area contributed by atoms with Crippen molar-refractivity contribution in [1.29, 1.82) is 5.26 Å². The SMILES string of the molecule is CSc1ccccc1CNc1ncc(C#N)c(NCC2C[C@H]3CCC[C@@H](C2)[C@@H]3NC[C@H]2CC[C@H](O)CC2)n1. The van der Waals surface area contributed by atoms with Crippen LogP contribution in [0.25, 0.3) is 0 Å². The van der Waals surface area contributed by atoms with Gasteiger partial charge < -0.3 is 21.1 Å². The third-order valence-electron chi connectivity index (χ3n) is 8.99. The molecule has 0 aliphatic heterocycles. The molecule has 0 radical (unpaired) electrons. The lowest BCUT2D eigenvalue weighted by atomic mass is 9.64. The van der Waals surface area contributed by atoms with E-state index in [1.54, 1.807) is 18.0 Å². The van der Waals surface area contributed by atoms with Gasteiger partial charge in [-0.1, -0.05) is 24.6 Å². The van der Waals surface area contributed by atoms with Gasteiger partial charge in [-0.25, -0.2) is 4.98 Å². The van der Waals surface area contributed by atoms with E-state index in [9.17, 15) is 10.4 Å². The van der Waals surface area contributed by atoms with Crippen molar-refractivity contribution in [3.63, 3.8) is 0 Å². The number of hydrogen-bond acceptors (Lipinski definition) is 8. The summed E-state index contributed by atoms with van der Waals surface area (Å²) >= 11 is 1.73. The van der Waals surface area contributed by atoms with Crippen LogP contribution in [0.5, 0.6) is 0 Å². The second kappa shape index (κ2) is 13.1. The highest BCUT2D eigenvalue weighted by atomic mass is 32.2. The van der Waals surface area contributed by atoms with Crippen molar-refractivity contribution in [1.82, 2.24) is 15.3 Å². The fraction of sp³-hybridized carbons (Fsp3) is 0.633. The normalized spacial score (nSPS) is 28.9. The van der Waals surface area contributed by atoms with Gasteiger partial charge in [0.2, 0.25) is 5.95 Å². The highest BCUT2D eigenvalue weighted by Crippen LogP contribution is 2.43. The Balaban J connectivity index is 1.15. The van der Waals surface area contributed by atoms with Gasteiger partial charge in [-0.3, -0.25) is 0 Å². The molecule has 8 heteroatoms. The van der Waals surface area contributed by atoms with Crippen LogP contribution in [0.2, 0.25) is 0 Å². The Labute approximate surface area is 231 Å². The van der Waals surface area contributed by atoms with Gasteiger partial charge in [-0.15, -0.1) is 11.8 Å². The molecule has 2 bridgehead atoms. The molecule has 204 valence electrons. The van der Waals surface area contributed by atoms with E-state index < -0.39 is 0 Å². The zero-order valence-electron chi connectivity index (χ0n) is 22.5. The number of hydrogen-bond donors (Lipinski definition) is 4. The lowest BCUT2D eigenvalue weighted by molar-refractivity contribution is 0.0749. The Morgan fingerprint density at radius 1 is 1.00 bits per heavy atom. The Hall–Kier alpha value is -2.34. The standard InChI is InChI=1S/C30H42N6OS/c1-38-27-8-3-2-5-24(27)18-34-30-35-19-25(15-31)29(36-30)33-17-21-13-22-6-4-7-23(14-21)28(22)32-16-20-9-11-26(37)12-10-20/h2-3,5,8,19-23,26,28,32,37H,4,6-7,9-14,16-18H2,1H3,(H2,33,34,35,36)/t20-,21?,22-,23+,26-,28-. The summed E-state index contributed by atoms with van der Waals surface area (Å²) in [6.45, 7) is 2.60. The van der Waals surface area contributed by atoms with Crippen LogP contribution in [0.15, 0.2) is 35.4 Å². The summed E-state index contributed by atoms with van der Waals surface area (Å²) in [6, 6.07) is 11.2. The van der Waals surface area contributed by atoms with Crippen molar-refractivity contribution in [2.24, 2.45) is 23.7 Å². The smallest absolute Gasteiger partial charge is 0.224 e. The molecule has 2 aromatic rings. The molecule has 0 saturated heterocycles. The van der Waals surface area contributed by atoms with Crippen molar-refractivity contribution in [3.8, 4) is 6.07 Å². The average molecular weight is 535 g/mol. The van der Waals surface area contributed by atoms with Crippen LogP contribution in [-0.2, 0) is 6.54 Å². The van der Waals surface area contributed by atoms with Crippen molar-refractivity contribution in [3.05, 3.63) is 41.6 Å². The molecule has 3 saturated carbocycles. The molecule has 4 N–H and O–H groups in total. The van der Waals surface area contributed by atoms with Gasteiger partial charge in [0.15, 0.2) is 0 Å². The van der Waals surface area contributed by atoms with Crippen LogP contribution in [0, 0.1) is 35.0 Å². The van der Waals surface area contributed by atoms with Crippen LogP contribution >= 0.6 is 11.8 Å². The fourth-order valence-corrected chi connectivity index (χ4v) is 7.58. The van der Waals surface area contributed by atoms with Crippen LogP contribution < -0.4 is 16.0 Å². The molecule has 1 unspecified atom stereocenters. The Bertz CT molecular complexity index is 1080. The third kappa shape index (κ3) is 6.80. The van der Waals surface area contributed by atoms with Crippen molar-refractivity contribution < 1.29 is 5.11 Å². The number of thioether (sulfide) groups is 1. The van der Waals surface area contributed by atoms with E-state index in [2.05, 4.69) is 56.4 Å². The Morgan fingerprint density at radius 3 is 2.50 bits per heavy atom. The molecule has 5 rings (SSSR count). The number of aliphatic hydroxyl groups is 1. The number of aliphatic hydroxyl groups excluding tert-OH is 1. The zero-order valence-corrected chi connectivity index (χ0v) is 23.3. The van der Waals surface area contributed by atoms with Crippen molar-refractivity contribution in [2.45, 2.75) is 81.4 Å². The Kier molecular flexibility index (Phi) is 9.42. The molecule has 1 heterocycles. The minimum absolute atomic E-state index is 0.0752. The summed E-state index contributed by atoms with van der Waals surface area (Å²) in [5.41, 5.74) is 1.70. The van der Waals surface area contributed by atoms with Gasteiger partial charge >= 0.3 is 0 Å². The summed E-state index contributed by atoms with van der Waals surface area (Å²) in [5.74, 6) is 3.96. The monoisotopic (exact) mass is 534 g/mol. The topological polar surface area (TPSA) is 106 Å². The maximum Gasteiger partial charge on any atom is 0.224 e. The summed E-state index contributed by atoms with van der Waals surface area (Å²) in [6.07, 6.45) is 14.3. The van der Waals surface area contributed by atoms with E-state index in [4.69, 9.17) is 0 Å². The second-order valence-electron chi connectivity index (χ2n) is 11.5. The summed E-state index contributed by atoms with van der Waals surface area (Å²) in [5, 5.41) is 30.3. The summed E-state index contributed by atoms with van der Waals surface area (Å²) in [4.78, 5) is 10.3. The molecular weight excluding hydrogens is 492 g/mol. The number of nitrogens with one attached hydrogen (secondary N) is 3. The van der Waals surface area contributed by atoms with E-state index in [1.165, 1.54) is 42.6 Å². The molecule has 4 atom stereocenters. The first-order chi connectivity index (χ1) is 18.6. The van der Waals surface area contributed by atoms with E-state index in [1.807, 2.05) is 6.07 Å². The zero-order chi connectivity index (χ0) is 26.3. The van der Waals surface area contributed by atoms with Gasteiger partial charge in [0.05, 0.1) is 12.3 Å². The number of aromatic nitrogens is 2. The maximum absolute atomic E-state index is 9.82. The number of nitrogens with zero attached hydrogens (tertiary/aromatic N) is 3. The molecule has 38 heavy (non-hydrogen) atoms. The Morgan fingerprint density at radius 2 is 1.76 bits per heavy atom. The first-order valence-corrected chi connectivity index (χ1v) is 15.6. The molecule has 3 aliphatic carbocycles. The van der Waals surface area contributed by atoms with Gasteiger partial charge in [0.25, 0.3) is 0 Å². The molecule has 7 nitrogen and oxygen atoms in total. The molecule has 1 aromatic carbocycles. The maximum atomic E-state index is 9.82. The summed E-state index contributed by atoms with van der Waals surface area (Å²) < 4.78 is 0. The second-order valence-corrected chi connectivity index (χ2v) is 12.4. The summed E-state index contributed by atoms with van der Waals surface area (Å²) in [7, 11) is 0. The van der Waals surface area contributed by atoms with E-state index in [-0.39, 0.29) is 6.10 Å². The van der Waals surface area contributed by atoms with Gasteiger partial charge in [-0.2, -0.15) is 10.2 Å². The van der Waals surface area contributed by atoms with Crippen molar-refractivity contribution >= 4 is 23.5 Å². The number of rotatable bonds is 10. The third-order valence-corrected chi connectivity index (χ3v) is 9.83. The number of benzene rings is 1. The van der Waals surface area contributed by atoms with Crippen LogP contribution in [-0.4, -0.2) is 46.6 Å². The van der Waals surface area contributed by atoms with Gasteiger partial charge in [0, 0.05) is 24.0 Å². The van der Waals surface area contributed by atoms with Gasteiger partial charge in [0.1, 0.15) is 17.5 Å². The van der Waals surface area contributed by atoms with Crippen LogP contribution in [0.3, 0.4) is 0 Å². The first kappa shape index (κ1) is 27.2. The highest BCUT2D eigenvalue weighted by Gasteiger charge is 2.40. The molecule has 1 aromatic heterocycles. The molecule has 0 amide bonds. The van der Waals surface area contributed by atoms with Crippen LogP contribution in [0.1, 0.15) is 68.9 Å². The van der Waals surface area contributed by atoms with E-state index in [0.29, 0.717) is 35.8 Å². The molecular formula is C30H42N6OS. The van der Waals surface area contributed by atoms with E-state index in [0.717, 1.165) is 56.5 Å². The van der Waals surface area contributed by atoms with Crippen molar-refractivity contribution in [2.75, 3.05) is 30.0 Å². The first-order valence-electron chi connectivity index (χ1n) is 14.4. The lowest BCUT2D eigenvalue weighted by Crippen LogP contribution is -2.51. The largest absolute Gasteiger partial charge is 0.393 e. The predicted octanol–water partition coefficient (Wildman–Crippen LogP) is 5.43. The minimum Gasteiger partial charge on any atom is -0.393 e. The molecule has 3 aliphatic rings. The molecule has 3 fully saturated rings.